The van der Waals surface area contributed by atoms with E-state index in [4.69, 9.17) is 16.3 Å². The molecule has 0 unspecified atom stereocenters. The maximum atomic E-state index is 12.5. The summed E-state index contributed by atoms with van der Waals surface area (Å²) in [5.74, 6) is 2.12. The van der Waals surface area contributed by atoms with Gasteiger partial charge in [0.05, 0.1) is 4.87 Å². The third-order valence-electron chi connectivity index (χ3n) is 8.73. The molecule has 0 saturated heterocycles. The minimum absolute atomic E-state index is 0.0264. The highest BCUT2D eigenvalue weighted by Crippen LogP contribution is 2.68. The first-order valence-corrected chi connectivity index (χ1v) is 10.5. The summed E-state index contributed by atoms with van der Waals surface area (Å²) in [4.78, 5) is 23.6. The van der Waals surface area contributed by atoms with Gasteiger partial charge in [-0.2, -0.15) is 0 Å². The Bertz CT molecular complexity index is 604. The Kier molecular flexibility index (Phi) is 4.07. The Morgan fingerprint density at radius 2 is 1.84 bits per heavy atom. The first-order chi connectivity index (χ1) is 11.7. The third kappa shape index (κ3) is 2.44. The topological polar surface area (TPSA) is 43.4 Å². The van der Waals surface area contributed by atoms with Gasteiger partial charge in [-0.15, -0.1) is 11.6 Å². The Morgan fingerprint density at radius 3 is 2.56 bits per heavy atom. The van der Waals surface area contributed by atoms with E-state index in [1.807, 2.05) is 0 Å². The van der Waals surface area contributed by atoms with Crippen LogP contribution in [0.25, 0.3) is 0 Å². The quantitative estimate of drug-likeness (QED) is 0.490. The van der Waals surface area contributed by atoms with Crippen LogP contribution in [-0.4, -0.2) is 22.7 Å². The number of halogens is 1. The molecule has 0 heterocycles. The SMILES string of the molecule is CC(=O)O[C@@H]1CC[C@]2(C)[C@H]3CC[C@]4(C)C(=O)CC[C@H]4[C@@H]3CC[C@]2(Cl)C1. The number of esters is 1. The highest BCUT2D eigenvalue weighted by atomic mass is 35.5. The lowest BCUT2D eigenvalue weighted by Gasteiger charge is -2.63. The minimum Gasteiger partial charge on any atom is -0.462 e. The molecule has 7 atom stereocenters. The molecule has 0 bridgehead atoms. The normalized spacial score (nSPS) is 52.1. The molecule has 4 saturated carbocycles. The van der Waals surface area contributed by atoms with Crippen molar-refractivity contribution in [2.75, 3.05) is 0 Å². The lowest BCUT2D eigenvalue weighted by molar-refractivity contribution is -0.156. The number of hydrogen-bond donors (Lipinski definition) is 0. The van der Waals surface area contributed by atoms with Gasteiger partial charge >= 0.3 is 5.97 Å². The van der Waals surface area contributed by atoms with Gasteiger partial charge in [0.15, 0.2) is 0 Å². The van der Waals surface area contributed by atoms with Gasteiger partial charge in [-0.1, -0.05) is 13.8 Å². The average Bonchev–Trinajstić information content (AvgIpc) is 2.84. The molecule has 0 spiro atoms. The molecule has 0 radical (unpaired) electrons. The van der Waals surface area contributed by atoms with Crippen molar-refractivity contribution in [1.82, 2.24) is 0 Å². The van der Waals surface area contributed by atoms with Crippen molar-refractivity contribution in [3.8, 4) is 0 Å². The van der Waals surface area contributed by atoms with E-state index in [-0.39, 0.29) is 27.8 Å². The molecule has 140 valence electrons. The molecule has 0 N–H and O–H groups in total. The predicted molar refractivity (Wildman–Crippen MR) is 97.4 cm³/mol. The molecule has 4 aliphatic rings. The second kappa shape index (κ2) is 5.71. The van der Waals surface area contributed by atoms with Gasteiger partial charge in [0.25, 0.3) is 0 Å². The molecule has 4 fully saturated rings. The van der Waals surface area contributed by atoms with Crippen LogP contribution < -0.4 is 0 Å². The molecule has 0 aromatic carbocycles. The van der Waals surface area contributed by atoms with E-state index in [9.17, 15) is 9.59 Å². The smallest absolute Gasteiger partial charge is 0.302 e. The van der Waals surface area contributed by atoms with Gasteiger partial charge in [-0.3, -0.25) is 9.59 Å². The summed E-state index contributed by atoms with van der Waals surface area (Å²) in [6.45, 7) is 6.11. The number of ketones is 1. The molecule has 0 amide bonds. The number of carbonyl (C=O) groups excluding carboxylic acids is 2. The molecule has 0 aromatic rings. The second-order valence-corrected chi connectivity index (χ2v) is 10.4. The number of Topliss-reactive ketones (excluding diaryl/α,β-unsaturated/α-hetero) is 1. The van der Waals surface area contributed by atoms with Gasteiger partial charge in [-0.25, -0.2) is 0 Å². The van der Waals surface area contributed by atoms with Crippen molar-refractivity contribution in [2.45, 2.75) is 89.5 Å². The van der Waals surface area contributed by atoms with Crippen molar-refractivity contribution >= 4 is 23.4 Å². The number of hydrogen-bond acceptors (Lipinski definition) is 3. The van der Waals surface area contributed by atoms with Gasteiger partial charge in [0.2, 0.25) is 0 Å². The van der Waals surface area contributed by atoms with Crippen LogP contribution in [0.5, 0.6) is 0 Å². The van der Waals surface area contributed by atoms with Crippen molar-refractivity contribution in [2.24, 2.45) is 28.6 Å². The van der Waals surface area contributed by atoms with Gasteiger partial charge in [0, 0.05) is 25.2 Å². The van der Waals surface area contributed by atoms with Crippen LogP contribution in [-0.2, 0) is 14.3 Å². The molecule has 4 rings (SSSR count). The van der Waals surface area contributed by atoms with Crippen molar-refractivity contribution in [3.63, 3.8) is 0 Å². The highest BCUT2D eigenvalue weighted by Gasteiger charge is 2.64. The molecular formula is C21H31ClO3. The molecule has 0 aromatic heterocycles. The fourth-order valence-corrected chi connectivity index (χ4v) is 7.78. The van der Waals surface area contributed by atoms with E-state index >= 15 is 0 Å². The molecular weight excluding hydrogens is 336 g/mol. The molecule has 0 aliphatic heterocycles. The first-order valence-electron chi connectivity index (χ1n) is 10.1. The van der Waals surface area contributed by atoms with Gasteiger partial charge < -0.3 is 4.74 Å². The highest BCUT2D eigenvalue weighted by molar-refractivity contribution is 6.24. The third-order valence-corrected chi connectivity index (χ3v) is 9.51. The van der Waals surface area contributed by atoms with E-state index in [0.717, 1.165) is 57.8 Å². The Hall–Kier alpha value is -0.570. The fourth-order valence-electron chi connectivity index (χ4n) is 7.27. The van der Waals surface area contributed by atoms with E-state index < -0.39 is 0 Å². The summed E-state index contributed by atoms with van der Waals surface area (Å²) in [6.07, 6.45) is 8.87. The number of fused-ring (bicyclic) bond motifs is 5. The van der Waals surface area contributed by atoms with Gasteiger partial charge in [-0.05, 0) is 68.1 Å². The maximum Gasteiger partial charge on any atom is 0.302 e. The van der Waals surface area contributed by atoms with E-state index in [2.05, 4.69) is 13.8 Å². The van der Waals surface area contributed by atoms with Gasteiger partial charge in [0.1, 0.15) is 11.9 Å². The minimum atomic E-state index is -0.261. The largest absolute Gasteiger partial charge is 0.462 e. The average molecular weight is 367 g/mol. The zero-order chi connectivity index (χ0) is 18.0. The van der Waals surface area contributed by atoms with Crippen LogP contribution in [0.15, 0.2) is 0 Å². The molecule has 25 heavy (non-hydrogen) atoms. The van der Waals surface area contributed by atoms with Crippen LogP contribution in [0, 0.1) is 28.6 Å². The zero-order valence-electron chi connectivity index (χ0n) is 15.8. The Balaban J connectivity index is 1.60. The summed E-state index contributed by atoms with van der Waals surface area (Å²) in [6, 6.07) is 0. The lowest BCUT2D eigenvalue weighted by Crippen LogP contribution is -2.60. The summed E-state index contributed by atoms with van der Waals surface area (Å²) in [5, 5.41) is 0. The van der Waals surface area contributed by atoms with Crippen LogP contribution in [0.2, 0.25) is 0 Å². The first kappa shape index (κ1) is 17.8. The Morgan fingerprint density at radius 1 is 1.08 bits per heavy atom. The summed E-state index contributed by atoms with van der Waals surface area (Å²) in [7, 11) is 0. The second-order valence-electron chi connectivity index (χ2n) is 9.69. The molecule has 4 heteroatoms. The van der Waals surface area contributed by atoms with E-state index in [1.165, 1.54) is 6.92 Å². The predicted octanol–water partition coefficient (Wildman–Crippen LogP) is 4.89. The molecule has 3 nitrogen and oxygen atoms in total. The zero-order valence-corrected chi connectivity index (χ0v) is 16.5. The summed E-state index contributed by atoms with van der Waals surface area (Å²) >= 11 is 7.26. The van der Waals surface area contributed by atoms with Crippen molar-refractivity contribution < 1.29 is 14.3 Å². The number of alkyl halides is 1. The van der Waals surface area contributed by atoms with Crippen molar-refractivity contribution in [3.05, 3.63) is 0 Å². The number of rotatable bonds is 1. The summed E-state index contributed by atoms with van der Waals surface area (Å²) in [5.41, 5.74) is 0.0277. The lowest BCUT2D eigenvalue weighted by atomic mass is 9.45. The van der Waals surface area contributed by atoms with Crippen LogP contribution in [0.3, 0.4) is 0 Å². The monoisotopic (exact) mass is 366 g/mol. The summed E-state index contributed by atoms with van der Waals surface area (Å²) < 4.78 is 5.52. The Labute approximate surface area is 156 Å². The maximum absolute atomic E-state index is 12.5. The standard InChI is InChI=1S/C21H31ClO3/c1-13(23)25-14-6-10-20(3)17-8-9-19(2)16(4-5-18(19)24)15(17)7-11-21(20,22)12-14/h14-17H,4-12H2,1-3H3/t14-,15+,16+,17+,19+,20-,21+/m1/s1. The van der Waals surface area contributed by atoms with Crippen molar-refractivity contribution in [1.29, 1.82) is 0 Å². The fraction of sp³-hybridized carbons (Fsp3) is 0.905. The van der Waals surface area contributed by atoms with Crippen LogP contribution in [0.1, 0.15) is 78.6 Å². The van der Waals surface area contributed by atoms with Crippen LogP contribution >= 0.6 is 11.6 Å². The number of ether oxygens (including phenoxy) is 1. The molecule has 4 aliphatic carbocycles. The number of carbonyl (C=O) groups is 2. The van der Waals surface area contributed by atoms with E-state index in [1.54, 1.807) is 0 Å². The van der Waals surface area contributed by atoms with E-state index in [0.29, 0.717) is 23.5 Å². The van der Waals surface area contributed by atoms with Crippen LogP contribution in [0.4, 0.5) is 0 Å².